The molecule has 0 radical (unpaired) electrons. The van der Waals surface area contributed by atoms with Crippen LogP contribution in [-0.2, 0) is 23.2 Å². The van der Waals surface area contributed by atoms with E-state index in [1.165, 1.54) is 26.3 Å². The summed E-state index contributed by atoms with van der Waals surface area (Å²) in [5, 5.41) is 7.20. The predicted molar refractivity (Wildman–Crippen MR) is 72.7 cm³/mol. The number of esters is 1. The van der Waals surface area contributed by atoms with E-state index in [-0.39, 0.29) is 6.79 Å². The third-order valence-electron chi connectivity index (χ3n) is 2.75. The molecule has 0 saturated carbocycles. The Morgan fingerprint density at radius 2 is 2.30 bits per heavy atom. The molecule has 0 amide bonds. The van der Waals surface area contributed by atoms with Gasteiger partial charge in [0.1, 0.15) is 25.0 Å². The highest BCUT2D eigenvalue weighted by molar-refractivity contribution is 7.93. The summed E-state index contributed by atoms with van der Waals surface area (Å²) in [4.78, 5) is 11.7. The maximum atomic E-state index is 11.7. The van der Waals surface area contributed by atoms with Crippen molar-refractivity contribution in [2.45, 2.75) is 24.7 Å². The normalized spacial score (nSPS) is 26.6. The van der Waals surface area contributed by atoms with Gasteiger partial charge in [-0.15, -0.1) is 0 Å². The van der Waals surface area contributed by atoms with Gasteiger partial charge < -0.3 is 24.2 Å². The third kappa shape index (κ3) is 4.44. The summed E-state index contributed by atoms with van der Waals surface area (Å²) in [6, 6.07) is -0.423. The number of nitrogens with two attached hydrogens (primary N) is 1. The molecule has 0 heterocycles. The lowest BCUT2D eigenvalue weighted by atomic mass is 9.90. The van der Waals surface area contributed by atoms with Crippen molar-refractivity contribution in [2.75, 3.05) is 27.3 Å². The van der Waals surface area contributed by atoms with Crippen LogP contribution in [0, 0.1) is 0 Å². The molecule has 0 fully saturated rings. The number of hydrogen-bond acceptors (Lipinski definition) is 8. The highest BCUT2D eigenvalue weighted by atomic mass is 32.2. The van der Waals surface area contributed by atoms with Crippen LogP contribution in [0.15, 0.2) is 22.0 Å². The van der Waals surface area contributed by atoms with Gasteiger partial charge in [0.2, 0.25) is 0 Å². The molecule has 0 spiro atoms. The van der Waals surface area contributed by atoms with Crippen molar-refractivity contribution in [3.63, 3.8) is 0 Å². The van der Waals surface area contributed by atoms with E-state index in [9.17, 15) is 4.79 Å². The minimum absolute atomic E-state index is 0.0658. The van der Waals surface area contributed by atoms with E-state index in [2.05, 4.69) is 10.3 Å². The summed E-state index contributed by atoms with van der Waals surface area (Å²) in [5.74, 6) is 4.68. The van der Waals surface area contributed by atoms with Crippen molar-refractivity contribution in [2.24, 2.45) is 16.2 Å². The molecule has 2 N–H and O–H groups in total. The van der Waals surface area contributed by atoms with Crippen molar-refractivity contribution < 1.29 is 23.2 Å². The number of carbonyl (C=O) groups excluding carboxylic acids is 1. The van der Waals surface area contributed by atoms with Gasteiger partial charge in [0.25, 0.3) is 0 Å². The van der Waals surface area contributed by atoms with Crippen LogP contribution in [0.25, 0.3) is 0 Å². The molecule has 1 rings (SSSR count). The van der Waals surface area contributed by atoms with E-state index in [1.54, 1.807) is 12.3 Å². The lowest BCUT2D eigenvalue weighted by Gasteiger charge is -2.32. The summed E-state index contributed by atoms with van der Waals surface area (Å²) >= 11 is 1.18. The molecule has 0 aromatic rings. The van der Waals surface area contributed by atoms with Gasteiger partial charge >= 0.3 is 5.97 Å². The van der Waals surface area contributed by atoms with Crippen LogP contribution in [-0.4, -0.2) is 51.5 Å². The summed E-state index contributed by atoms with van der Waals surface area (Å²) in [6.45, 7) is 0.0658. The van der Waals surface area contributed by atoms with E-state index in [1.807, 2.05) is 0 Å². The van der Waals surface area contributed by atoms with Gasteiger partial charge in [0.05, 0.1) is 7.11 Å². The molecule has 0 saturated heterocycles. The molecular weight excluding hydrogens is 286 g/mol. The Kier molecular flexibility index (Phi) is 7.52. The van der Waals surface area contributed by atoms with Gasteiger partial charge in [-0.2, -0.15) is 5.11 Å². The Labute approximate surface area is 121 Å². The highest BCUT2D eigenvalue weighted by Crippen LogP contribution is 2.29. The Hall–Kier alpha value is -1.16. The van der Waals surface area contributed by atoms with Crippen LogP contribution in [0.4, 0.5) is 0 Å². The largest absolute Gasteiger partial charge is 0.466 e. The summed E-state index contributed by atoms with van der Waals surface area (Å²) in [7, 11) is 2.83. The number of hydrogen-bond donors (Lipinski definition) is 1. The first kappa shape index (κ1) is 16.9. The van der Waals surface area contributed by atoms with E-state index < -0.39 is 24.2 Å². The van der Waals surface area contributed by atoms with E-state index >= 15 is 0 Å². The average Bonchev–Trinajstić information content (AvgIpc) is 2.46. The molecule has 1 aliphatic carbocycles. The van der Waals surface area contributed by atoms with Gasteiger partial charge in [-0.1, -0.05) is 5.22 Å². The molecule has 0 unspecified atom stereocenters. The SMILES string of the molecule is COCO[C@@H]1C=C(C(=O)OC)C[C@@H](N=NN)[C@@H]1OSC. The zero-order valence-corrected chi connectivity index (χ0v) is 12.5. The maximum absolute atomic E-state index is 11.7. The highest BCUT2D eigenvalue weighted by Gasteiger charge is 2.37. The molecule has 0 aromatic carbocycles. The monoisotopic (exact) mass is 305 g/mol. The van der Waals surface area contributed by atoms with Crippen LogP contribution in [0.2, 0.25) is 0 Å². The molecule has 3 atom stereocenters. The summed E-state index contributed by atoms with van der Waals surface area (Å²) in [6.07, 6.45) is 2.85. The first-order chi connectivity index (χ1) is 9.67. The number of methoxy groups -OCH3 is 2. The maximum Gasteiger partial charge on any atom is 0.333 e. The van der Waals surface area contributed by atoms with Crippen LogP contribution in [0.3, 0.4) is 0 Å². The van der Waals surface area contributed by atoms with Crippen LogP contribution >= 0.6 is 12.0 Å². The van der Waals surface area contributed by atoms with Crippen molar-refractivity contribution in [3.8, 4) is 0 Å². The van der Waals surface area contributed by atoms with E-state index in [0.717, 1.165) is 0 Å². The molecular formula is C11H19N3O5S. The molecule has 0 aromatic heterocycles. The number of rotatable bonds is 7. The summed E-state index contributed by atoms with van der Waals surface area (Å²) < 4.78 is 20.7. The lowest BCUT2D eigenvalue weighted by Crippen LogP contribution is -2.43. The topological polar surface area (TPSA) is 105 Å². The van der Waals surface area contributed by atoms with Gasteiger partial charge in [-0.3, -0.25) is 0 Å². The minimum Gasteiger partial charge on any atom is -0.466 e. The smallest absolute Gasteiger partial charge is 0.333 e. The number of ether oxygens (including phenoxy) is 3. The third-order valence-corrected chi connectivity index (χ3v) is 3.16. The Morgan fingerprint density at radius 1 is 1.55 bits per heavy atom. The fourth-order valence-electron chi connectivity index (χ4n) is 1.92. The standard InChI is InChI=1S/C11H19N3O5S/c1-16-6-18-9-5-7(11(15)17-2)4-8(13-14-12)10(9)19-20-3/h5,8-10H,4,6H2,1-3H3,(H2,12,13)/t8-,9-,10+/m1/s1. The average molecular weight is 305 g/mol. The quantitative estimate of drug-likeness (QED) is 0.185. The first-order valence-electron chi connectivity index (χ1n) is 5.87. The lowest BCUT2D eigenvalue weighted by molar-refractivity contribution is -0.137. The molecule has 0 aliphatic heterocycles. The second kappa shape index (κ2) is 8.90. The zero-order chi connectivity index (χ0) is 15.0. The molecule has 20 heavy (non-hydrogen) atoms. The fraction of sp³-hybridized carbons (Fsp3) is 0.727. The molecule has 114 valence electrons. The number of nitrogens with zero attached hydrogens (tertiary/aromatic N) is 2. The second-order valence-electron chi connectivity index (χ2n) is 3.95. The van der Waals surface area contributed by atoms with Gasteiger partial charge in [-0.25, -0.2) is 4.79 Å². The van der Waals surface area contributed by atoms with Gasteiger partial charge in [0.15, 0.2) is 0 Å². The van der Waals surface area contributed by atoms with Crippen LogP contribution in [0.1, 0.15) is 6.42 Å². The van der Waals surface area contributed by atoms with Crippen LogP contribution < -0.4 is 5.84 Å². The van der Waals surface area contributed by atoms with Gasteiger partial charge in [0, 0.05) is 25.4 Å². The van der Waals surface area contributed by atoms with E-state index in [0.29, 0.717) is 12.0 Å². The van der Waals surface area contributed by atoms with Crippen LogP contribution in [0.5, 0.6) is 0 Å². The van der Waals surface area contributed by atoms with Crippen molar-refractivity contribution in [1.82, 2.24) is 0 Å². The number of carbonyl (C=O) groups is 1. The van der Waals surface area contributed by atoms with Gasteiger partial charge in [-0.05, 0) is 18.1 Å². The fourth-order valence-corrected chi connectivity index (χ4v) is 2.38. The molecule has 1 aliphatic rings. The van der Waals surface area contributed by atoms with Crippen molar-refractivity contribution >= 4 is 18.0 Å². The first-order valence-corrected chi connectivity index (χ1v) is 7.02. The van der Waals surface area contributed by atoms with Crippen molar-refractivity contribution in [1.29, 1.82) is 0 Å². The molecule has 0 bridgehead atoms. The predicted octanol–water partition coefficient (Wildman–Crippen LogP) is 0.836. The summed E-state index contributed by atoms with van der Waals surface area (Å²) in [5.41, 5.74) is 0.451. The zero-order valence-electron chi connectivity index (χ0n) is 11.6. The Balaban J connectivity index is 2.98. The van der Waals surface area contributed by atoms with E-state index in [4.69, 9.17) is 24.2 Å². The molecule has 9 heteroatoms. The Bertz CT molecular complexity index is 377. The Morgan fingerprint density at radius 3 is 2.85 bits per heavy atom. The second-order valence-corrected chi connectivity index (χ2v) is 4.48. The molecule has 8 nitrogen and oxygen atoms in total. The van der Waals surface area contributed by atoms with Crippen molar-refractivity contribution in [3.05, 3.63) is 11.6 Å². The minimum atomic E-state index is -0.499.